The highest BCUT2D eigenvalue weighted by molar-refractivity contribution is 5.20. The zero-order valence-corrected chi connectivity index (χ0v) is 28.5. The Morgan fingerprint density at radius 1 is 0.886 bits per heavy atom. The summed E-state index contributed by atoms with van der Waals surface area (Å²) in [5, 5.41) is 64.8. The predicted molar refractivity (Wildman–Crippen MR) is 168 cm³/mol. The second-order valence-corrected chi connectivity index (χ2v) is 17.3. The molecule has 0 aromatic carbocycles. The van der Waals surface area contributed by atoms with Gasteiger partial charge in [-0.3, -0.25) is 0 Å². The van der Waals surface area contributed by atoms with E-state index in [-0.39, 0.29) is 39.6 Å². The highest BCUT2D eigenvalue weighted by atomic mass is 16.7. The largest absolute Gasteiger partial charge is 0.394 e. The number of aliphatic hydroxyl groups is 6. The molecule has 5 aliphatic rings. The normalized spacial score (nSPS) is 51.5. The summed E-state index contributed by atoms with van der Waals surface area (Å²) in [7, 11) is 0. The lowest BCUT2D eigenvalue weighted by Crippen LogP contribution is -2.67. The molecule has 15 atom stereocenters. The van der Waals surface area contributed by atoms with Gasteiger partial charge in [0.1, 0.15) is 24.4 Å². The van der Waals surface area contributed by atoms with Gasteiger partial charge < -0.3 is 40.1 Å². The Bertz CT molecular complexity index is 1070. The minimum Gasteiger partial charge on any atom is -0.394 e. The molecule has 5 rings (SSSR count). The third-order valence-electron chi connectivity index (χ3n) is 14.5. The molecule has 1 saturated heterocycles. The zero-order chi connectivity index (χ0) is 32.6. The van der Waals surface area contributed by atoms with Crippen LogP contribution >= 0.6 is 0 Å². The Labute approximate surface area is 265 Å². The van der Waals surface area contributed by atoms with Crippen LogP contribution in [-0.2, 0) is 9.47 Å². The number of hydrogen-bond acceptors (Lipinski definition) is 8. The van der Waals surface area contributed by atoms with Gasteiger partial charge in [0, 0.05) is 0 Å². The molecule has 1 aliphatic heterocycles. The minimum absolute atomic E-state index is 0.0231. The Balaban J connectivity index is 1.37. The maximum absolute atomic E-state index is 12.0. The van der Waals surface area contributed by atoms with Crippen LogP contribution in [0.2, 0.25) is 0 Å². The van der Waals surface area contributed by atoms with Crippen LogP contribution in [0.4, 0.5) is 0 Å². The molecular formula is C36H62O8. The van der Waals surface area contributed by atoms with Crippen LogP contribution < -0.4 is 0 Å². The average Bonchev–Trinajstić information content (AvgIpc) is 3.32. The second-order valence-electron chi connectivity index (χ2n) is 17.3. The van der Waals surface area contributed by atoms with E-state index in [9.17, 15) is 30.6 Å². The molecule has 44 heavy (non-hydrogen) atoms. The fraction of sp³-hybridized carbons (Fsp3) is 0.944. The number of hydrogen-bond donors (Lipinski definition) is 6. The van der Waals surface area contributed by atoms with Crippen LogP contribution in [0.3, 0.4) is 0 Å². The molecule has 4 saturated carbocycles. The highest BCUT2D eigenvalue weighted by Crippen LogP contribution is 2.76. The third-order valence-corrected chi connectivity index (χ3v) is 14.5. The molecule has 254 valence electrons. The Hall–Kier alpha value is -0.580. The van der Waals surface area contributed by atoms with Crippen molar-refractivity contribution >= 4 is 0 Å². The van der Waals surface area contributed by atoms with Crippen molar-refractivity contribution in [1.29, 1.82) is 0 Å². The molecule has 0 radical (unpaired) electrons. The predicted octanol–water partition coefficient (Wildman–Crippen LogP) is 4.32. The smallest absolute Gasteiger partial charge is 0.186 e. The number of allylic oxidation sites excluding steroid dienone is 2. The summed E-state index contributed by atoms with van der Waals surface area (Å²) in [5.74, 6) is 0.792. The van der Waals surface area contributed by atoms with Crippen LogP contribution in [0.25, 0.3) is 0 Å². The quantitative estimate of drug-likeness (QED) is 0.182. The van der Waals surface area contributed by atoms with Crippen molar-refractivity contribution < 1.29 is 40.1 Å². The summed E-state index contributed by atoms with van der Waals surface area (Å²) in [6, 6.07) is 0. The Morgan fingerprint density at radius 2 is 1.55 bits per heavy atom. The molecule has 8 nitrogen and oxygen atoms in total. The van der Waals surface area contributed by atoms with Crippen LogP contribution in [0.5, 0.6) is 0 Å². The van der Waals surface area contributed by atoms with Crippen molar-refractivity contribution in [2.75, 3.05) is 6.61 Å². The summed E-state index contributed by atoms with van der Waals surface area (Å²) in [6.45, 7) is 17.5. The van der Waals surface area contributed by atoms with E-state index in [1.807, 2.05) is 6.92 Å². The van der Waals surface area contributed by atoms with Gasteiger partial charge in [-0.05, 0) is 124 Å². The maximum atomic E-state index is 12.0. The van der Waals surface area contributed by atoms with Gasteiger partial charge in [0.15, 0.2) is 6.29 Å². The topological polar surface area (TPSA) is 140 Å². The summed E-state index contributed by atoms with van der Waals surface area (Å²) in [4.78, 5) is 0. The summed E-state index contributed by atoms with van der Waals surface area (Å²) in [6.07, 6.45) is 3.15. The summed E-state index contributed by atoms with van der Waals surface area (Å²) in [5.41, 5.74) is 0.122. The molecule has 5 fully saturated rings. The van der Waals surface area contributed by atoms with Crippen molar-refractivity contribution in [3.8, 4) is 0 Å². The van der Waals surface area contributed by atoms with Crippen molar-refractivity contribution in [3.05, 3.63) is 11.6 Å². The molecule has 8 heteroatoms. The van der Waals surface area contributed by atoms with E-state index in [1.165, 1.54) is 5.57 Å². The number of rotatable bonds is 7. The number of ether oxygens (including phenoxy) is 2. The van der Waals surface area contributed by atoms with Gasteiger partial charge in [0.2, 0.25) is 0 Å². The number of aliphatic hydroxyl groups excluding tert-OH is 5. The fourth-order valence-corrected chi connectivity index (χ4v) is 11.9. The van der Waals surface area contributed by atoms with Gasteiger partial charge in [-0.25, -0.2) is 0 Å². The SMILES string of the molecule is CC(C)=CCC[C@](C)(O)C1CC[C@]2(C)C1C(O)CC1[C@@]3(C)CCC(OC4OC(CO)C(O)C(O)C4O)C(C)(C)C3CC[C@]12C. The number of fused-ring (bicyclic) bond motifs is 5. The molecule has 0 amide bonds. The van der Waals surface area contributed by atoms with Crippen molar-refractivity contribution in [3.63, 3.8) is 0 Å². The average molecular weight is 623 g/mol. The first-order valence-electron chi connectivity index (χ1n) is 17.3. The van der Waals surface area contributed by atoms with E-state index < -0.39 is 49.0 Å². The first-order chi connectivity index (χ1) is 20.3. The Kier molecular flexibility index (Phi) is 9.35. The molecule has 0 aromatic heterocycles. The van der Waals surface area contributed by atoms with Crippen molar-refractivity contribution in [2.45, 2.75) is 162 Å². The van der Waals surface area contributed by atoms with Gasteiger partial charge in [0.25, 0.3) is 0 Å². The van der Waals surface area contributed by atoms with Gasteiger partial charge in [0.05, 0.1) is 24.4 Å². The van der Waals surface area contributed by atoms with Gasteiger partial charge in [-0.2, -0.15) is 0 Å². The van der Waals surface area contributed by atoms with Gasteiger partial charge in [-0.1, -0.05) is 46.3 Å². The van der Waals surface area contributed by atoms with Crippen LogP contribution in [0.15, 0.2) is 11.6 Å². The van der Waals surface area contributed by atoms with E-state index in [1.54, 1.807) is 0 Å². The van der Waals surface area contributed by atoms with Crippen molar-refractivity contribution in [2.24, 2.45) is 45.3 Å². The second kappa shape index (κ2) is 11.8. The minimum atomic E-state index is -1.46. The molecule has 4 aliphatic carbocycles. The van der Waals surface area contributed by atoms with Crippen LogP contribution in [0, 0.1) is 45.3 Å². The lowest BCUT2D eigenvalue weighted by Gasteiger charge is -2.70. The van der Waals surface area contributed by atoms with E-state index >= 15 is 0 Å². The summed E-state index contributed by atoms with van der Waals surface area (Å²) < 4.78 is 12.2. The molecule has 11 unspecified atom stereocenters. The van der Waals surface area contributed by atoms with E-state index in [2.05, 4.69) is 54.5 Å². The molecular weight excluding hydrogens is 560 g/mol. The molecule has 1 heterocycles. The Morgan fingerprint density at radius 3 is 2.18 bits per heavy atom. The van der Waals surface area contributed by atoms with E-state index in [0.29, 0.717) is 18.3 Å². The third kappa shape index (κ3) is 5.26. The molecule has 0 aromatic rings. The van der Waals surface area contributed by atoms with E-state index in [4.69, 9.17) is 9.47 Å². The first-order valence-corrected chi connectivity index (χ1v) is 17.3. The van der Waals surface area contributed by atoms with Gasteiger partial charge >= 0.3 is 0 Å². The highest BCUT2D eigenvalue weighted by Gasteiger charge is 2.71. The molecule has 6 N–H and O–H groups in total. The van der Waals surface area contributed by atoms with Crippen LogP contribution in [-0.4, -0.2) is 85.8 Å². The lowest BCUT2D eigenvalue weighted by atomic mass is 9.35. The maximum Gasteiger partial charge on any atom is 0.186 e. The van der Waals surface area contributed by atoms with E-state index in [0.717, 1.165) is 51.4 Å². The summed E-state index contributed by atoms with van der Waals surface area (Å²) >= 11 is 0. The lowest BCUT2D eigenvalue weighted by molar-refractivity contribution is -0.332. The standard InChI is InChI=1S/C36H62O8/c1-20(2)10-9-14-36(8,42)21-11-16-35(7)27(21)22(38)18-25-33(5)15-13-26(32(3,4)24(33)12-17-34(25,35)6)44-31-30(41)29(40)28(39)23(19-37)43-31/h10,21-31,37-42H,9,11-19H2,1-8H3/t21?,22?,23?,24?,25?,26?,27?,28?,29?,30?,31?,33-,34+,35+,36-/m0/s1. The molecule has 0 spiro atoms. The monoisotopic (exact) mass is 622 g/mol. The van der Waals surface area contributed by atoms with Crippen molar-refractivity contribution in [1.82, 2.24) is 0 Å². The first kappa shape index (κ1) is 34.7. The van der Waals surface area contributed by atoms with Gasteiger partial charge in [-0.15, -0.1) is 0 Å². The molecule has 0 bridgehead atoms. The van der Waals surface area contributed by atoms with Crippen LogP contribution in [0.1, 0.15) is 113 Å². The zero-order valence-electron chi connectivity index (χ0n) is 28.5. The fourth-order valence-electron chi connectivity index (χ4n) is 11.9.